The molecule has 1 fully saturated rings. The molecule has 0 aliphatic carbocycles. The fraction of sp³-hybridized carbons (Fsp3) is 0.562. The van der Waals surface area contributed by atoms with E-state index in [1.54, 1.807) is 26.4 Å². The predicted octanol–water partition coefficient (Wildman–Crippen LogP) is 2.67. The summed E-state index contributed by atoms with van der Waals surface area (Å²) in [5.41, 5.74) is 0.483. The molecule has 0 spiro atoms. The Labute approximate surface area is 120 Å². The molecule has 1 saturated heterocycles. The van der Waals surface area contributed by atoms with E-state index in [9.17, 15) is 4.79 Å². The summed E-state index contributed by atoms with van der Waals surface area (Å²) in [7, 11) is 3.19. The summed E-state index contributed by atoms with van der Waals surface area (Å²) in [6.45, 7) is 3.92. The first kappa shape index (κ1) is 14.9. The molecule has 0 radical (unpaired) electrons. The molecular weight excluding hydrogens is 254 g/mol. The number of carbonyl (C=O) groups excluding carboxylic acids is 1. The second-order valence-electron chi connectivity index (χ2n) is 5.28. The number of benzene rings is 1. The van der Waals surface area contributed by atoms with Gasteiger partial charge >= 0.3 is 0 Å². The van der Waals surface area contributed by atoms with Gasteiger partial charge in [0, 0.05) is 11.0 Å². The van der Waals surface area contributed by atoms with E-state index < -0.39 is 0 Å². The lowest BCUT2D eigenvalue weighted by Crippen LogP contribution is -2.41. The second kappa shape index (κ2) is 6.27. The topological polar surface area (TPSA) is 47.6 Å². The van der Waals surface area contributed by atoms with Crippen molar-refractivity contribution in [1.29, 1.82) is 0 Å². The van der Waals surface area contributed by atoms with Gasteiger partial charge in [-0.2, -0.15) is 0 Å². The first-order valence-corrected chi connectivity index (χ1v) is 7.14. The highest BCUT2D eigenvalue weighted by molar-refractivity contribution is 6.01. The molecule has 0 bridgehead atoms. The van der Waals surface area contributed by atoms with Crippen molar-refractivity contribution >= 4 is 5.78 Å². The molecule has 1 aromatic rings. The van der Waals surface area contributed by atoms with Crippen molar-refractivity contribution in [2.24, 2.45) is 5.41 Å². The molecule has 4 heteroatoms. The van der Waals surface area contributed by atoms with Crippen LogP contribution in [0.2, 0.25) is 0 Å². The summed E-state index contributed by atoms with van der Waals surface area (Å²) in [5, 5.41) is 3.32. The number of nitrogens with one attached hydrogen (secondary N) is 1. The molecule has 0 unspecified atom stereocenters. The molecule has 0 aromatic heterocycles. The van der Waals surface area contributed by atoms with Crippen LogP contribution in [0.25, 0.3) is 0 Å². The monoisotopic (exact) mass is 277 g/mol. The molecule has 1 heterocycles. The van der Waals surface area contributed by atoms with Crippen molar-refractivity contribution < 1.29 is 14.3 Å². The van der Waals surface area contributed by atoms with Crippen LogP contribution in [0.1, 0.15) is 36.5 Å². The number of piperidine rings is 1. The number of ether oxygens (including phenoxy) is 2. The zero-order valence-corrected chi connectivity index (χ0v) is 12.5. The Bertz CT molecular complexity index is 479. The van der Waals surface area contributed by atoms with Crippen molar-refractivity contribution in [3.8, 4) is 11.5 Å². The predicted molar refractivity (Wildman–Crippen MR) is 78.7 cm³/mol. The minimum absolute atomic E-state index is 0.224. The third-order valence-corrected chi connectivity index (χ3v) is 4.36. The average molecular weight is 277 g/mol. The third-order valence-electron chi connectivity index (χ3n) is 4.36. The standard InChI is InChI=1S/C16H23NO3/c1-4-16(7-9-17-10-8-16)15(18)12-5-6-13(19-2)14(11-12)20-3/h5-6,11,17H,4,7-10H2,1-3H3. The van der Waals surface area contributed by atoms with E-state index >= 15 is 0 Å². The maximum Gasteiger partial charge on any atom is 0.169 e. The van der Waals surface area contributed by atoms with E-state index in [4.69, 9.17) is 9.47 Å². The van der Waals surface area contributed by atoms with Gasteiger partial charge in [-0.25, -0.2) is 0 Å². The van der Waals surface area contributed by atoms with Gasteiger partial charge in [0.05, 0.1) is 14.2 Å². The van der Waals surface area contributed by atoms with Gasteiger partial charge in [-0.1, -0.05) is 6.92 Å². The Morgan fingerprint density at radius 1 is 1.20 bits per heavy atom. The van der Waals surface area contributed by atoms with Crippen LogP contribution in [0, 0.1) is 5.41 Å². The lowest BCUT2D eigenvalue weighted by molar-refractivity contribution is 0.0717. The zero-order valence-electron chi connectivity index (χ0n) is 12.5. The van der Waals surface area contributed by atoms with Gasteiger partial charge in [0.15, 0.2) is 17.3 Å². The molecule has 110 valence electrons. The maximum absolute atomic E-state index is 12.9. The molecule has 0 amide bonds. The molecule has 1 aliphatic heterocycles. The third kappa shape index (κ3) is 2.66. The minimum atomic E-state index is -0.231. The van der Waals surface area contributed by atoms with E-state index in [0.717, 1.165) is 32.4 Å². The van der Waals surface area contributed by atoms with Gasteiger partial charge < -0.3 is 14.8 Å². The highest BCUT2D eigenvalue weighted by atomic mass is 16.5. The summed E-state index contributed by atoms with van der Waals surface area (Å²) < 4.78 is 10.5. The van der Waals surface area contributed by atoms with E-state index in [-0.39, 0.29) is 11.2 Å². The molecule has 20 heavy (non-hydrogen) atoms. The molecule has 0 atom stereocenters. The molecule has 0 saturated carbocycles. The Morgan fingerprint density at radius 2 is 1.85 bits per heavy atom. The van der Waals surface area contributed by atoms with Gasteiger partial charge in [0.1, 0.15) is 0 Å². The average Bonchev–Trinajstić information content (AvgIpc) is 2.54. The van der Waals surface area contributed by atoms with Crippen LogP contribution in [0.15, 0.2) is 18.2 Å². The smallest absolute Gasteiger partial charge is 0.169 e. The first-order chi connectivity index (χ1) is 9.66. The molecule has 4 nitrogen and oxygen atoms in total. The lowest BCUT2D eigenvalue weighted by Gasteiger charge is -2.35. The largest absolute Gasteiger partial charge is 0.493 e. The van der Waals surface area contributed by atoms with E-state index in [0.29, 0.717) is 17.1 Å². The van der Waals surface area contributed by atoms with Gasteiger partial charge in [-0.05, 0) is 50.6 Å². The van der Waals surface area contributed by atoms with E-state index in [1.165, 1.54) is 0 Å². The van der Waals surface area contributed by atoms with Crippen LogP contribution >= 0.6 is 0 Å². The summed E-state index contributed by atoms with van der Waals surface area (Å²) >= 11 is 0. The van der Waals surface area contributed by atoms with Gasteiger partial charge in [0.25, 0.3) is 0 Å². The van der Waals surface area contributed by atoms with Crippen LogP contribution < -0.4 is 14.8 Å². The lowest BCUT2D eigenvalue weighted by atomic mass is 9.71. The Morgan fingerprint density at radius 3 is 2.40 bits per heavy atom. The molecule has 1 aromatic carbocycles. The number of methoxy groups -OCH3 is 2. The SMILES string of the molecule is CCC1(C(=O)c2ccc(OC)c(OC)c2)CCNCC1. The zero-order chi connectivity index (χ0) is 14.6. The normalized spacial score (nSPS) is 17.6. The molecule has 1 aliphatic rings. The number of rotatable bonds is 5. The van der Waals surface area contributed by atoms with Crippen molar-refractivity contribution in [3.05, 3.63) is 23.8 Å². The van der Waals surface area contributed by atoms with Gasteiger partial charge in [-0.3, -0.25) is 4.79 Å². The summed E-state index contributed by atoms with van der Waals surface area (Å²) in [6.07, 6.45) is 2.68. The van der Waals surface area contributed by atoms with Gasteiger partial charge in [0.2, 0.25) is 0 Å². The Balaban J connectivity index is 2.32. The number of carbonyl (C=O) groups is 1. The van der Waals surface area contributed by atoms with Crippen LogP contribution in [0.4, 0.5) is 0 Å². The first-order valence-electron chi connectivity index (χ1n) is 7.14. The number of hydrogen-bond acceptors (Lipinski definition) is 4. The fourth-order valence-electron chi connectivity index (χ4n) is 2.93. The van der Waals surface area contributed by atoms with Crippen molar-refractivity contribution in [2.45, 2.75) is 26.2 Å². The quantitative estimate of drug-likeness (QED) is 0.841. The van der Waals surface area contributed by atoms with Crippen LogP contribution in [-0.4, -0.2) is 33.1 Å². The molecule has 1 N–H and O–H groups in total. The van der Waals surface area contributed by atoms with Crippen LogP contribution in [-0.2, 0) is 0 Å². The van der Waals surface area contributed by atoms with Crippen molar-refractivity contribution in [2.75, 3.05) is 27.3 Å². The number of Topliss-reactive ketones (excluding diaryl/α,β-unsaturated/α-hetero) is 1. The van der Waals surface area contributed by atoms with Gasteiger partial charge in [-0.15, -0.1) is 0 Å². The molecule has 2 rings (SSSR count). The summed E-state index contributed by atoms with van der Waals surface area (Å²) in [6, 6.07) is 5.43. The maximum atomic E-state index is 12.9. The fourth-order valence-corrected chi connectivity index (χ4v) is 2.93. The van der Waals surface area contributed by atoms with Crippen LogP contribution in [0.5, 0.6) is 11.5 Å². The Hall–Kier alpha value is -1.55. The Kier molecular flexibility index (Phi) is 4.65. The van der Waals surface area contributed by atoms with Crippen molar-refractivity contribution in [3.63, 3.8) is 0 Å². The highest BCUT2D eigenvalue weighted by Crippen LogP contribution is 2.38. The number of hydrogen-bond donors (Lipinski definition) is 1. The second-order valence-corrected chi connectivity index (χ2v) is 5.28. The summed E-state index contributed by atoms with van der Waals surface area (Å²) in [5.74, 6) is 1.49. The minimum Gasteiger partial charge on any atom is -0.493 e. The van der Waals surface area contributed by atoms with Crippen LogP contribution in [0.3, 0.4) is 0 Å². The number of ketones is 1. The van der Waals surface area contributed by atoms with E-state index in [2.05, 4.69) is 12.2 Å². The van der Waals surface area contributed by atoms with Crippen molar-refractivity contribution in [1.82, 2.24) is 5.32 Å². The van der Waals surface area contributed by atoms with E-state index in [1.807, 2.05) is 6.07 Å². The molecular formula is C16H23NO3. The summed E-state index contributed by atoms with van der Waals surface area (Å²) in [4.78, 5) is 12.9. The highest BCUT2D eigenvalue weighted by Gasteiger charge is 2.38.